The zero-order valence-corrected chi connectivity index (χ0v) is 17.3. The number of aliphatic hydroxyl groups is 1. The van der Waals surface area contributed by atoms with Crippen molar-refractivity contribution < 1.29 is 5.11 Å². The van der Waals surface area contributed by atoms with Crippen molar-refractivity contribution in [2.24, 2.45) is 0 Å². The lowest BCUT2D eigenvalue weighted by Crippen LogP contribution is -2.47. The largest absolute Gasteiger partial charge is 0.394 e. The van der Waals surface area contributed by atoms with Crippen molar-refractivity contribution in [1.29, 1.82) is 0 Å². The van der Waals surface area contributed by atoms with Crippen molar-refractivity contribution in [3.8, 4) is 0 Å². The Morgan fingerprint density at radius 3 is 2.26 bits per heavy atom. The van der Waals surface area contributed by atoms with Crippen LogP contribution in [-0.2, 0) is 18.5 Å². The monoisotopic (exact) mass is 366 g/mol. The van der Waals surface area contributed by atoms with Gasteiger partial charge in [-0.25, -0.2) is 0 Å². The Hall–Kier alpha value is -2.10. The molecule has 1 aromatic carbocycles. The number of rotatable bonds is 9. The van der Waals surface area contributed by atoms with Crippen molar-refractivity contribution >= 4 is 0 Å². The Balaban J connectivity index is 2.19. The summed E-state index contributed by atoms with van der Waals surface area (Å²) in [6, 6.07) is 13.1. The van der Waals surface area contributed by atoms with E-state index in [9.17, 15) is 5.11 Å². The van der Waals surface area contributed by atoms with Gasteiger partial charge in [-0.05, 0) is 35.6 Å². The zero-order chi connectivity index (χ0) is 20.1. The first kappa shape index (κ1) is 21.2. The Morgan fingerprint density at radius 2 is 1.74 bits per heavy atom. The predicted molar refractivity (Wildman–Crippen MR) is 115 cm³/mol. The molecule has 3 heteroatoms. The van der Waals surface area contributed by atoms with Gasteiger partial charge in [0.1, 0.15) is 0 Å². The molecule has 0 saturated heterocycles. The van der Waals surface area contributed by atoms with E-state index < -0.39 is 5.54 Å². The minimum atomic E-state index is -0.475. The van der Waals surface area contributed by atoms with Crippen molar-refractivity contribution in [2.75, 3.05) is 13.2 Å². The van der Waals surface area contributed by atoms with Crippen molar-refractivity contribution in [3.05, 3.63) is 84.7 Å². The van der Waals surface area contributed by atoms with Gasteiger partial charge in [-0.3, -0.25) is 4.90 Å². The first-order valence-corrected chi connectivity index (χ1v) is 9.57. The molecule has 1 aromatic heterocycles. The fourth-order valence-corrected chi connectivity index (χ4v) is 3.15. The average Bonchev–Trinajstić information content (AvgIpc) is 3.07. The molecule has 0 spiro atoms. The molecule has 2 aromatic rings. The highest BCUT2D eigenvalue weighted by Crippen LogP contribution is 2.23. The summed E-state index contributed by atoms with van der Waals surface area (Å²) in [6.45, 7) is 18.8. The molecule has 146 valence electrons. The standard InChI is InChI=1S/C24H34N2O/c1-7-15-26(24(6,8-2)19-27)18-22-10-9-16-25(22)17-20-11-13-21(14-12-20)23(3,4)5/h7-14,16,27H,1-2,15,17-19H2,3-6H3. The first-order valence-electron chi connectivity index (χ1n) is 9.57. The topological polar surface area (TPSA) is 28.4 Å². The van der Waals surface area contributed by atoms with E-state index in [0.29, 0.717) is 6.54 Å². The number of hydrogen-bond acceptors (Lipinski definition) is 2. The van der Waals surface area contributed by atoms with Crippen LogP contribution in [0.1, 0.15) is 44.5 Å². The number of aromatic nitrogens is 1. The van der Waals surface area contributed by atoms with E-state index >= 15 is 0 Å². The summed E-state index contributed by atoms with van der Waals surface area (Å²) in [5.74, 6) is 0. The highest BCUT2D eigenvalue weighted by molar-refractivity contribution is 5.28. The molecule has 0 saturated carbocycles. The molecule has 0 aliphatic carbocycles. The number of hydrogen-bond donors (Lipinski definition) is 1. The second-order valence-electron chi connectivity index (χ2n) is 8.46. The lowest BCUT2D eigenvalue weighted by atomic mass is 9.87. The van der Waals surface area contributed by atoms with Gasteiger partial charge >= 0.3 is 0 Å². The third-order valence-electron chi connectivity index (χ3n) is 5.28. The van der Waals surface area contributed by atoms with Gasteiger partial charge in [0, 0.05) is 31.5 Å². The van der Waals surface area contributed by atoms with Crippen molar-refractivity contribution in [1.82, 2.24) is 9.47 Å². The lowest BCUT2D eigenvalue weighted by molar-refractivity contribution is 0.0814. The minimum Gasteiger partial charge on any atom is -0.394 e. The highest BCUT2D eigenvalue weighted by Gasteiger charge is 2.27. The van der Waals surface area contributed by atoms with Crippen molar-refractivity contribution in [2.45, 2.75) is 51.7 Å². The van der Waals surface area contributed by atoms with E-state index in [1.54, 1.807) is 0 Å². The van der Waals surface area contributed by atoms with Crippen LogP contribution in [0.2, 0.25) is 0 Å². The van der Waals surface area contributed by atoms with E-state index in [1.165, 1.54) is 16.8 Å². The van der Waals surface area contributed by atoms with Crippen LogP contribution >= 0.6 is 0 Å². The summed E-state index contributed by atoms with van der Waals surface area (Å²) in [7, 11) is 0. The molecule has 27 heavy (non-hydrogen) atoms. The van der Waals surface area contributed by atoms with Crippen LogP contribution < -0.4 is 0 Å². The SMILES string of the molecule is C=CCN(Cc1cccn1Cc1ccc(C(C)(C)C)cc1)C(C)(C=C)CO. The molecule has 0 bridgehead atoms. The van der Waals surface area contributed by atoms with Gasteiger partial charge in [0.05, 0.1) is 12.1 Å². The summed E-state index contributed by atoms with van der Waals surface area (Å²) in [5.41, 5.74) is 3.53. The second kappa shape index (κ2) is 8.73. The van der Waals surface area contributed by atoms with Gasteiger partial charge in [0.25, 0.3) is 0 Å². The predicted octanol–water partition coefficient (Wildman–Crippen LogP) is 4.76. The van der Waals surface area contributed by atoms with Crippen LogP contribution in [0.4, 0.5) is 0 Å². The maximum absolute atomic E-state index is 9.85. The normalized spacial score (nSPS) is 14.1. The summed E-state index contributed by atoms with van der Waals surface area (Å²) >= 11 is 0. The Morgan fingerprint density at radius 1 is 1.07 bits per heavy atom. The van der Waals surface area contributed by atoms with E-state index in [4.69, 9.17) is 0 Å². The minimum absolute atomic E-state index is 0.0271. The maximum Gasteiger partial charge on any atom is 0.0648 e. The van der Waals surface area contributed by atoms with Gasteiger partial charge in [-0.2, -0.15) is 0 Å². The van der Waals surface area contributed by atoms with Crippen LogP contribution in [0.15, 0.2) is 67.9 Å². The van der Waals surface area contributed by atoms with Gasteiger partial charge in [-0.1, -0.05) is 57.2 Å². The van der Waals surface area contributed by atoms with Crippen LogP contribution in [-0.4, -0.2) is 33.3 Å². The Labute approximate surface area is 164 Å². The molecule has 0 radical (unpaired) electrons. The van der Waals surface area contributed by atoms with Crippen LogP contribution in [0, 0.1) is 0 Å². The third-order valence-corrected chi connectivity index (χ3v) is 5.28. The summed E-state index contributed by atoms with van der Waals surface area (Å²) < 4.78 is 2.27. The highest BCUT2D eigenvalue weighted by atomic mass is 16.3. The van der Waals surface area contributed by atoms with E-state index in [0.717, 1.165) is 13.1 Å². The van der Waals surface area contributed by atoms with Gasteiger partial charge in [-0.15, -0.1) is 13.2 Å². The van der Waals surface area contributed by atoms with Crippen LogP contribution in [0.3, 0.4) is 0 Å². The van der Waals surface area contributed by atoms with E-state index in [1.807, 2.05) is 19.1 Å². The third kappa shape index (κ3) is 5.21. The molecule has 1 N–H and O–H groups in total. The van der Waals surface area contributed by atoms with E-state index in [2.05, 4.69) is 86.0 Å². The molecule has 0 aliphatic rings. The molecule has 3 nitrogen and oxygen atoms in total. The quantitative estimate of drug-likeness (QED) is 0.648. The molecule has 1 heterocycles. The first-order chi connectivity index (χ1) is 12.7. The molecule has 0 amide bonds. The van der Waals surface area contributed by atoms with Crippen LogP contribution in [0.5, 0.6) is 0 Å². The smallest absolute Gasteiger partial charge is 0.0648 e. The number of aliphatic hydroxyl groups excluding tert-OH is 1. The fraction of sp³-hybridized carbons (Fsp3) is 0.417. The summed E-state index contributed by atoms with van der Waals surface area (Å²) in [5, 5.41) is 9.85. The molecule has 1 atom stereocenters. The van der Waals surface area contributed by atoms with Crippen molar-refractivity contribution in [3.63, 3.8) is 0 Å². The van der Waals surface area contributed by atoms with E-state index in [-0.39, 0.29) is 12.0 Å². The van der Waals surface area contributed by atoms with Gasteiger partial charge in [0.2, 0.25) is 0 Å². The van der Waals surface area contributed by atoms with Gasteiger partial charge in [0.15, 0.2) is 0 Å². The zero-order valence-electron chi connectivity index (χ0n) is 17.3. The average molecular weight is 367 g/mol. The fourth-order valence-electron chi connectivity index (χ4n) is 3.15. The molecular weight excluding hydrogens is 332 g/mol. The number of nitrogens with zero attached hydrogens (tertiary/aromatic N) is 2. The van der Waals surface area contributed by atoms with Crippen LogP contribution in [0.25, 0.3) is 0 Å². The molecule has 1 unspecified atom stereocenters. The van der Waals surface area contributed by atoms with Gasteiger partial charge < -0.3 is 9.67 Å². The molecular formula is C24H34N2O. The molecule has 0 aliphatic heterocycles. The molecule has 0 fully saturated rings. The number of benzene rings is 1. The summed E-state index contributed by atoms with van der Waals surface area (Å²) in [6.07, 6.45) is 5.80. The maximum atomic E-state index is 9.85. The second-order valence-corrected chi connectivity index (χ2v) is 8.46. The molecule has 2 rings (SSSR count). The summed E-state index contributed by atoms with van der Waals surface area (Å²) in [4.78, 5) is 2.20. The lowest BCUT2D eigenvalue weighted by Gasteiger charge is -2.37. The Bertz CT molecular complexity index is 751. The Kier molecular flexibility index (Phi) is 6.85.